The van der Waals surface area contributed by atoms with Crippen molar-refractivity contribution in [2.24, 2.45) is 0 Å². The molecule has 0 saturated heterocycles. The molecule has 186 valence electrons. The number of carbonyl (C=O) groups excluding carboxylic acids is 1. The lowest BCUT2D eigenvalue weighted by molar-refractivity contribution is -0.137. The molecule has 1 heterocycles. The number of fused-ring (bicyclic) bond motifs is 1. The fourth-order valence-electron chi connectivity index (χ4n) is 4.02. The molecular weight excluding hydrogens is 471 g/mol. The van der Waals surface area contributed by atoms with E-state index in [1.807, 2.05) is 46.4 Å². The van der Waals surface area contributed by atoms with Gasteiger partial charge in [0.2, 0.25) is 5.91 Å². The highest BCUT2D eigenvalue weighted by Crippen LogP contribution is 2.35. The number of amides is 2. The number of carboxylic acid groups (broad SMARTS) is 1. The van der Waals surface area contributed by atoms with Gasteiger partial charge < -0.3 is 20.3 Å². The Morgan fingerprint density at radius 2 is 1.58 bits per heavy atom. The first-order chi connectivity index (χ1) is 17.0. The molecule has 0 spiro atoms. The van der Waals surface area contributed by atoms with Gasteiger partial charge in [-0.3, -0.25) is 4.79 Å². The topological polar surface area (TPSA) is 83.4 Å². The summed E-state index contributed by atoms with van der Waals surface area (Å²) in [6.07, 6.45) is -3.63. The fourth-order valence-corrected chi connectivity index (χ4v) is 4.02. The smallest absolute Gasteiger partial charge is 0.416 e. The highest BCUT2D eigenvalue weighted by atomic mass is 19.4. The molecule has 0 unspecified atom stereocenters. The van der Waals surface area contributed by atoms with Crippen LogP contribution in [-0.2, 0) is 11.0 Å². The molecule has 0 aliphatic rings. The van der Waals surface area contributed by atoms with E-state index >= 15 is 0 Å². The molecule has 0 bridgehead atoms. The van der Waals surface area contributed by atoms with Crippen molar-refractivity contribution in [2.45, 2.75) is 25.9 Å². The summed E-state index contributed by atoms with van der Waals surface area (Å²) in [7, 11) is 0. The quantitative estimate of drug-likeness (QED) is 0.280. The van der Waals surface area contributed by atoms with Gasteiger partial charge in [-0.25, -0.2) is 4.79 Å². The maximum atomic E-state index is 13.0. The third-order valence-corrected chi connectivity index (χ3v) is 5.83. The SMILES string of the molecule is CC(C)c1cn(-c2ccc(NC(=O)CNC(=O)O)cc2)c2cc(-c3ccc(C(F)(F)F)cc3)ccc12. The minimum absolute atomic E-state index is 0.242. The highest BCUT2D eigenvalue weighted by molar-refractivity contribution is 5.94. The molecule has 9 heteroatoms. The standard InChI is InChI=1S/C27H24F3N3O3/c1-16(2)23-15-33(21-10-8-20(9-11-21)32-25(34)14-31-26(35)36)24-13-18(5-12-22(23)24)17-3-6-19(7-4-17)27(28,29)30/h3-13,15-16,31H,14H2,1-2H3,(H,32,34)(H,35,36). The first-order valence-electron chi connectivity index (χ1n) is 11.2. The van der Waals surface area contributed by atoms with Crippen molar-refractivity contribution in [3.63, 3.8) is 0 Å². The lowest BCUT2D eigenvalue weighted by Gasteiger charge is -2.10. The first-order valence-corrected chi connectivity index (χ1v) is 11.2. The predicted octanol–water partition coefficient (Wildman–Crippen LogP) is 6.65. The lowest BCUT2D eigenvalue weighted by atomic mass is 9.99. The maximum absolute atomic E-state index is 13.0. The van der Waals surface area contributed by atoms with E-state index in [1.54, 1.807) is 12.1 Å². The lowest BCUT2D eigenvalue weighted by Crippen LogP contribution is -2.31. The summed E-state index contributed by atoms with van der Waals surface area (Å²) in [6, 6.07) is 18.0. The summed E-state index contributed by atoms with van der Waals surface area (Å²) in [5, 5.41) is 14.3. The molecule has 6 nitrogen and oxygen atoms in total. The van der Waals surface area contributed by atoms with E-state index in [2.05, 4.69) is 19.2 Å². The van der Waals surface area contributed by atoms with Gasteiger partial charge in [0.1, 0.15) is 6.54 Å². The van der Waals surface area contributed by atoms with Crippen LogP contribution in [0.25, 0.3) is 27.7 Å². The Balaban J connectivity index is 1.68. The van der Waals surface area contributed by atoms with Crippen molar-refractivity contribution >= 4 is 28.6 Å². The molecule has 4 aromatic rings. The second kappa shape index (κ2) is 9.77. The van der Waals surface area contributed by atoms with Crippen LogP contribution in [0.2, 0.25) is 0 Å². The van der Waals surface area contributed by atoms with Crippen LogP contribution in [0.5, 0.6) is 0 Å². The van der Waals surface area contributed by atoms with Crippen LogP contribution in [0.1, 0.15) is 30.9 Å². The maximum Gasteiger partial charge on any atom is 0.416 e. The number of carbonyl (C=O) groups is 2. The van der Waals surface area contributed by atoms with Gasteiger partial charge >= 0.3 is 12.3 Å². The Morgan fingerprint density at radius 3 is 2.17 bits per heavy atom. The average molecular weight is 496 g/mol. The zero-order valence-corrected chi connectivity index (χ0v) is 19.6. The van der Waals surface area contributed by atoms with Crippen LogP contribution in [0.3, 0.4) is 0 Å². The molecule has 3 N–H and O–H groups in total. The molecule has 0 fully saturated rings. The van der Waals surface area contributed by atoms with Gasteiger partial charge in [-0.05, 0) is 65.1 Å². The van der Waals surface area contributed by atoms with E-state index in [0.717, 1.165) is 39.8 Å². The van der Waals surface area contributed by atoms with Gasteiger partial charge in [0.05, 0.1) is 11.1 Å². The van der Waals surface area contributed by atoms with Gasteiger partial charge in [-0.15, -0.1) is 0 Å². The average Bonchev–Trinajstić information content (AvgIpc) is 3.22. The van der Waals surface area contributed by atoms with E-state index in [4.69, 9.17) is 5.11 Å². The normalized spacial score (nSPS) is 11.6. The Kier molecular flexibility index (Phi) is 6.74. The number of nitrogens with zero attached hydrogens (tertiary/aromatic N) is 1. The van der Waals surface area contributed by atoms with Crippen LogP contribution in [-0.4, -0.2) is 28.2 Å². The van der Waals surface area contributed by atoms with Crippen molar-refractivity contribution in [2.75, 3.05) is 11.9 Å². The minimum Gasteiger partial charge on any atom is -0.465 e. The molecule has 0 aliphatic heterocycles. The number of hydrogen-bond acceptors (Lipinski definition) is 2. The molecular formula is C27H24F3N3O3. The number of benzene rings is 3. The number of anilines is 1. The number of rotatable bonds is 6. The zero-order valence-electron chi connectivity index (χ0n) is 19.6. The number of aromatic nitrogens is 1. The largest absolute Gasteiger partial charge is 0.465 e. The van der Waals surface area contributed by atoms with Crippen molar-refractivity contribution < 1.29 is 27.9 Å². The highest BCUT2D eigenvalue weighted by Gasteiger charge is 2.30. The number of hydrogen-bond donors (Lipinski definition) is 3. The van der Waals surface area contributed by atoms with Gasteiger partial charge in [0.25, 0.3) is 0 Å². The van der Waals surface area contributed by atoms with E-state index in [1.165, 1.54) is 12.1 Å². The molecule has 0 atom stereocenters. The van der Waals surface area contributed by atoms with Crippen LogP contribution >= 0.6 is 0 Å². The van der Waals surface area contributed by atoms with Gasteiger partial charge in [0.15, 0.2) is 0 Å². The third-order valence-electron chi connectivity index (χ3n) is 5.83. The summed E-state index contributed by atoms with van der Waals surface area (Å²) in [6.45, 7) is 3.82. The number of nitrogens with one attached hydrogen (secondary N) is 2. The fraction of sp³-hybridized carbons (Fsp3) is 0.185. The van der Waals surface area contributed by atoms with Crippen molar-refractivity contribution in [1.82, 2.24) is 9.88 Å². The van der Waals surface area contributed by atoms with Crippen LogP contribution in [0.4, 0.5) is 23.7 Å². The zero-order chi connectivity index (χ0) is 26.0. The summed E-state index contributed by atoms with van der Waals surface area (Å²) >= 11 is 0. The monoisotopic (exact) mass is 495 g/mol. The van der Waals surface area contributed by atoms with E-state index in [9.17, 15) is 22.8 Å². The Bertz CT molecular complexity index is 1410. The molecule has 3 aromatic carbocycles. The summed E-state index contributed by atoms with van der Waals surface area (Å²) in [4.78, 5) is 22.4. The van der Waals surface area contributed by atoms with E-state index in [-0.39, 0.29) is 12.5 Å². The van der Waals surface area contributed by atoms with Crippen molar-refractivity contribution in [3.05, 3.63) is 84.1 Å². The van der Waals surface area contributed by atoms with Gasteiger partial charge in [-0.2, -0.15) is 13.2 Å². The first kappa shape index (κ1) is 24.8. The number of alkyl halides is 3. The van der Waals surface area contributed by atoms with E-state index in [0.29, 0.717) is 11.3 Å². The van der Waals surface area contributed by atoms with Crippen molar-refractivity contribution in [1.29, 1.82) is 0 Å². The van der Waals surface area contributed by atoms with Crippen LogP contribution < -0.4 is 10.6 Å². The summed E-state index contributed by atoms with van der Waals surface area (Å²) < 4.78 is 40.9. The Hall–Kier alpha value is -4.27. The third kappa shape index (κ3) is 5.35. The second-order valence-electron chi connectivity index (χ2n) is 8.67. The Labute approximate surface area is 205 Å². The number of halogens is 3. The van der Waals surface area contributed by atoms with Gasteiger partial charge in [0, 0.05) is 23.0 Å². The predicted molar refractivity (Wildman–Crippen MR) is 132 cm³/mol. The summed E-state index contributed by atoms with van der Waals surface area (Å²) in [5.41, 5.74) is 4.15. The second-order valence-corrected chi connectivity index (χ2v) is 8.67. The molecule has 0 saturated carbocycles. The minimum atomic E-state index is -4.39. The van der Waals surface area contributed by atoms with E-state index < -0.39 is 23.7 Å². The van der Waals surface area contributed by atoms with Crippen molar-refractivity contribution in [3.8, 4) is 16.8 Å². The van der Waals surface area contributed by atoms with Crippen LogP contribution in [0.15, 0.2) is 72.9 Å². The molecule has 2 amide bonds. The summed E-state index contributed by atoms with van der Waals surface area (Å²) in [5.74, 6) is -0.245. The Morgan fingerprint density at radius 1 is 0.944 bits per heavy atom. The molecule has 0 aliphatic carbocycles. The molecule has 1 aromatic heterocycles. The molecule has 36 heavy (non-hydrogen) atoms. The van der Waals surface area contributed by atoms with Gasteiger partial charge in [-0.1, -0.05) is 38.1 Å². The van der Waals surface area contributed by atoms with Crippen LogP contribution in [0, 0.1) is 0 Å². The molecule has 0 radical (unpaired) electrons. The molecule has 4 rings (SSSR count).